The minimum Gasteiger partial charge on any atom is -0.468 e. The largest absolute Gasteiger partial charge is 0.468 e. The Kier molecular flexibility index (Phi) is 4.13. The van der Waals surface area contributed by atoms with Gasteiger partial charge in [-0.3, -0.25) is 10.1 Å². The van der Waals surface area contributed by atoms with E-state index in [2.05, 4.69) is 5.32 Å². The summed E-state index contributed by atoms with van der Waals surface area (Å²) < 4.78 is 4.83. The van der Waals surface area contributed by atoms with Crippen molar-refractivity contribution in [3.05, 3.63) is 34.9 Å². The molecule has 0 radical (unpaired) electrons. The lowest BCUT2D eigenvalue weighted by atomic mass is 9.91. The molecule has 1 heterocycles. The van der Waals surface area contributed by atoms with Crippen LogP contribution in [0.15, 0.2) is 24.3 Å². The molecule has 3 atom stereocenters. The first-order chi connectivity index (χ1) is 9.00. The lowest BCUT2D eigenvalue weighted by Crippen LogP contribution is -2.45. The van der Waals surface area contributed by atoms with Gasteiger partial charge in [0.15, 0.2) is 0 Å². The van der Waals surface area contributed by atoms with Gasteiger partial charge in [-0.1, -0.05) is 23.7 Å². The fraction of sp³-hybridized carbons (Fsp3) is 0.500. The maximum atomic E-state index is 11.8. The number of halogens is 1. The minimum atomic E-state index is -0.769. The summed E-state index contributed by atoms with van der Waals surface area (Å²) in [6, 6.07) is 7.35. The molecule has 104 valence electrons. The molecule has 1 saturated heterocycles. The number of aliphatic hydroxyl groups excluding tert-OH is 1. The number of aliphatic hydroxyl groups is 1. The van der Waals surface area contributed by atoms with Crippen LogP contribution in [0.25, 0.3) is 0 Å². The molecular weight excluding hydrogens is 266 g/mol. The van der Waals surface area contributed by atoms with Crippen LogP contribution >= 0.6 is 11.6 Å². The summed E-state index contributed by atoms with van der Waals surface area (Å²) >= 11 is 5.99. The smallest absolute Gasteiger partial charge is 0.325 e. The number of carbonyl (C=O) groups is 1. The summed E-state index contributed by atoms with van der Waals surface area (Å²) in [4.78, 5) is 11.8. The van der Waals surface area contributed by atoms with Crippen LogP contribution in [-0.2, 0) is 9.53 Å². The van der Waals surface area contributed by atoms with Crippen molar-refractivity contribution in [2.45, 2.75) is 24.9 Å². The standard InChI is InChI=1S/C14H18ClNO3/c1-14(13(18)19-2)7-10(8-17)12(16-14)9-4-3-5-11(15)6-9/h3-6,10,12,16-17H,7-8H2,1-2H3/t10-,12+,14+/m0/s1. The minimum absolute atomic E-state index is 0.0107. The maximum Gasteiger partial charge on any atom is 0.325 e. The third-order valence-corrected chi connectivity index (χ3v) is 3.93. The Labute approximate surface area is 117 Å². The molecule has 4 nitrogen and oxygen atoms in total. The molecule has 0 aromatic heterocycles. The number of rotatable bonds is 3. The summed E-state index contributed by atoms with van der Waals surface area (Å²) in [5.74, 6) is -0.349. The summed E-state index contributed by atoms with van der Waals surface area (Å²) in [6.45, 7) is 1.81. The van der Waals surface area contributed by atoms with Gasteiger partial charge >= 0.3 is 5.97 Å². The van der Waals surface area contributed by atoms with Crippen LogP contribution in [0.4, 0.5) is 0 Å². The summed E-state index contributed by atoms with van der Waals surface area (Å²) in [6.07, 6.45) is 0.535. The van der Waals surface area contributed by atoms with Crippen molar-refractivity contribution in [2.75, 3.05) is 13.7 Å². The molecule has 0 saturated carbocycles. The van der Waals surface area contributed by atoms with Crippen molar-refractivity contribution in [3.63, 3.8) is 0 Å². The van der Waals surface area contributed by atoms with Crippen LogP contribution in [0, 0.1) is 5.92 Å². The second-order valence-electron chi connectivity index (χ2n) is 5.15. The molecule has 1 aliphatic heterocycles. The molecule has 0 bridgehead atoms. The van der Waals surface area contributed by atoms with E-state index < -0.39 is 5.54 Å². The third-order valence-electron chi connectivity index (χ3n) is 3.69. The summed E-state index contributed by atoms with van der Waals surface area (Å²) in [5.41, 5.74) is 0.203. The van der Waals surface area contributed by atoms with Gasteiger partial charge in [-0.25, -0.2) is 0 Å². The van der Waals surface area contributed by atoms with Crippen LogP contribution in [0.2, 0.25) is 5.02 Å². The SMILES string of the molecule is COC(=O)[C@@]1(C)C[C@@H](CO)[C@@H](c2cccc(Cl)c2)N1. The van der Waals surface area contributed by atoms with Crippen LogP contribution in [0.3, 0.4) is 0 Å². The van der Waals surface area contributed by atoms with E-state index in [0.717, 1.165) is 5.56 Å². The Morgan fingerprint density at radius 2 is 2.37 bits per heavy atom. The van der Waals surface area contributed by atoms with Crippen molar-refractivity contribution >= 4 is 17.6 Å². The van der Waals surface area contributed by atoms with Crippen molar-refractivity contribution in [1.82, 2.24) is 5.32 Å². The predicted octanol–water partition coefficient (Wildman–Crippen LogP) is 1.91. The maximum absolute atomic E-state index is 11.8. The fourth-order valence-electron chi connectivity index (χ4n) is 2.76. The molecule has 1 aromatic carbocycles. The monoisotopic (exact) mass is 283 g/mol. The van der Waals surface area contributed by atoms with Gasteiger partial charge in [0, 0.05) is 23.6 Å². The highest BCUT2D eigenvalue weighted by Gasteiger charge is 2.47. The number of nitrogens with one attached hydrogen (secondary N) is 1. The Bertz CT molecular complexity index is 480. The highest BCUT2D eigenvalue weighted by molar-refractivity contribution is 6.30. The highest BCUT2D eigenvalue weighted by atomic mass is 35.5. The van der Waals surface area contributed by atoms with Gasteiger partial charge in [-0.2, -0.15) is 0 Å². The topological polar surface area (TPSA) is 58.6 Å². The molecular formula is C14H18ClNO3. The quantitative estimate of drug-likeness (QED) is 0.832. The molecule has 1 fully saturated rings. The molecule has 2 rings (SSSR count). The van der Waals surface area contributed by atoms with Gasteiger partial charge in [-0.15, -0.1) is 0 Å². The molecule has 0 aliphatic carbocycles. The summed E-state index contributed by atoms with van der Waals surface area (Å²) in [7, 11) is 1.37. The second kappa shape index (κ2) is 5.49. The van der Waals surface area contributed by atoms with Gasteiger partial charge in [0.05, 0.1) is 7.11 Å². The number of carbonyl (C=O) groups excluding carboxylic acids is 1. The van der Waals surface area contributed by atoms with Crippen LogP contribution < -0.4 is 5.32 Å². The van der Waals surface area contributed by atoms with Crippen LogP contribution in [0.5, 0.6) is 0 Å². The number of hydrogen-bond acceptors (Lipinski definition) is 4. The van der Waals surface area contributed by atoms with E-state index in [9.17, 15) is 9.90 Å². The molecule has 2 N–H and O–H groups in total. The number of ether oxygens (including phenoxy) is 1. The third kappa shape index (κ3) is 2.76. The first-order valence-corrected chi connectivity index (χ1v) is 6.60. The Morgan fingerprint density at radius 3 is 2.95 bits per heavy atom. The zero-order chi connectivity index (χ0) is 14.0. The molecule has 19 heavy (non-hydrogen) atoms. The predicted molar refractivity (Wildman–Crippen MR) is 72.9 cm³/mol. The lowest BCUT2D eigenvalue weighted by molar-refractivity contribution is -0.147. The van der Waals surface area contributed by atoms with Crippen molar-refractivity contribution in [3.8, 4) is 0 Å². The van der Waals surface area contributed by atoms with Gasteiger partial charge in [0.25, 0.3) is 0 Å². The van der Waals surface area contributed by atoms with E-state index in [1.807, 2.05) is 18.2 Å². The average Bonchev–Trinajstić information content (AvgIpc) is 2.76. The van der Waals surface area contributed by atoms with Crippen molar-refractivity contribution in [2.24, 2.45) is 5.92 Å². The molecule has 1 aromatic rings. The zero-order valence-corrected chi connectivity index (χ0v) is 11.8. The fourth-order valence-corrected chi connectivity index (χ4v) is 2.95. The van der Waals surface area contributed by atoms with E-state index in [0.29, 0.717) is 11.4 Å². The van der Waals surface area contributed by atoms with Crippen LogP contribution in [-0.4, -0.2) is 30.3 Å². The second-order valence-corrected chi connectivity index (χ2v) is 5.58. The first kappa shape index (κ1) is 14.3. The van der Waals surface area contributed by atoms with E-state index in [4.69, 9.17) is 16.3 Å². The number of benzene rings is 1. The van der Waals surface area contributed by atoms with E-state index >= 15 is 0 Å². The Hall–Kier alpha value is -1.10. The van der Waals surface area contributed by atoms with Crippen molar-refractivity contribution < 1.29 is 14.6 Å². The number of esters is 1. The lowest BCUT2D eigenvalue weighted by Gasteiger charge is -2.23. The van der Waals surface area contributed by atoms with Gasteiger partial charge < -0.3 is 9.84 Å². The normalized spacial score (nSPS) is 30.3. The molecule has 1 aliphatic rings. The van der Waals surface area contributed by atoms with Gasteiger partial charge in [0.1, 0.15) is 5.54 Å². The van der Waals surface area contributed by atoms with E-state index in [1.54, 1.807) is 13.0 Å². The molecule has 0 amide bonds. The molecule has 5 heteroatoms. The van der Waals surface area contributed by atoms with Crippen LogP contribution in [0.1, 0.15) is 24.9 Å². The summed E-state index contributed by atoms with van der Waals surface area (Å²) in [5, 5.41) is 13.4. The zero-order valence-electron chi connectivity index (χ0n) is 11.0. The van der Waals surface area contributed by atoms with Gasteiger partial charge in [-0.05, 0) is 31.0 Å². The van der Waals surface area contributed by atoms with Crippen molar-refractivity contribution in [1.29, 1.82) is 0 Å². The van der Waals surface area contributed by atoms with Gasteiger partial charge in [0.2, 0.25) is 0 Å². The van der Waals surface area contributed by atoms with E-state index in [-0.39, 0.29) is 24.5 Å². The number of hydrogen-bond donors (Lipinski definition) is 2. The van der Waals surface area contributed by atoms with E-state index in [1.165, 1.54) is 7.11 Å². The highest BCUT2D eigenvalue weighted by Crippen LogP contribution is 2.38. The number of methoxy groups -OCH3 is 1. The Morgan fingerprint density at radius 1 is 1.63 bits per heavy atom. The first-order valence-electron chi connectivity index (χ1n) is 6.22. The average molecular weight is 284 g/mol. The molecule has 0 unspecified atom stereocenters. The Balaban J connectivity index is 2.28. The molecule has 0 spiro atoms.